The zero-order valence-electron chi connectivity index (χ0n) is 18.8. The number of benzene rings is 2. The van der Waals surface area contributed by atoms with Crippen molar-refractivity contribution in [2.75, 3.05) is 17.9 Å². The Morgan fingerprint density at radius 2 is 2.00 bits per heavy atom. The Morgan fingerprint density at radius 3 is 2.69 bits per heavy atom. The molecule has 6 nitrogen and oxygen atoms in total. The van der Waals surface area contributed by atoms with Crippen LogP contribution in [-0.4, -0.2) is 32.6 Å². The molecular formula is C24H24Cl2FN3O3S2. The molecule has 186 valence electrons. The van der Waals surface area contributed by atoms with Crippen molar-refractivity contribution in [1.82, 2.24) is 10.3 Å². The normalized spacial score (nSPS) is 18.2. The maximum atomic E-state index is 14.9. The molecule has 1 aliphatic rings. The molecule has 2 N–H and O–H groups in total. The number of hydrogen-bond acceptors (Lipinski definition) is 6. The first kappa shape index (κ1) is 25.9. The van der Waals surface area contributed by atoms with E-state index in [0.717, 1.165) is 42.7 Å². The number of allylic oxidation sites excluding steroid dienone is 1. The second-order valence-corrected chi connectivity index (χ2v) is 11.2. The SMILES string of the molecule is CCNC1CCC=C(c2ccc(Cl)cc2)[C@@H]1COc1cc(F)c(S(=O)(=O)Nc2cscn2)cc1Cl. The Balaban J connectivity index is 1.56. The minimum Gasteiger partial charge on any atom is -0.491 e. The van der Waals surface area contributed by atoms with Crippen LogP contribution in [0.4, 0.5) is 10.2 Å². The average Bonchev–Trinajstić information content (AvgIpc) is 3.33. The molecule has 1 aliphatic carbocycles. The van der Waals surface area contributed by atoms with Gasteiger partial charge in [0.2, 0.25) is 0 Å². The van der Waals surface area contributed by atoms with Crippen LogP contribution in [0, 0.1) is 11.7 Å². The van der Waals surface area contributed by atoms with Crippen LogP contribution < -0.4 is 14.8 Å². The summed E-state index contributed by atoms with van der Waals surface area (Å²) in [5.41, 5.74) is 3.62. The van der Waals surface area contributed by atoms with Crippen LogP contribution in [0.3, 0.4) is 0 Å². The van der Waals surface area contributed by atoms with E-state index in [9.17, 15) is 12.8 Å². The number of rotatable bonds is 9. The van der Waals surface area contributed by atoms with Gasteiger partial charge in [0.1, 0.15) is 16.5 Å². The second kappa shape index (κ2) is 11.3. The number of thiazole rings is 1. The van der Waals surface area contributed by atoms with Crippen molar-refractivity contribution in [3.8, 4) is 5.75 Å². The van der Waals surface area contributed by atoms with Gasteiger partial charge in [0.05, 0.1) is 17.1 Å². The summed E-state index contributed by atoms with van der Waals surface area (Å²) in [5.74, 6) is -0.807. The smallest absolute Gasteiger partial charge is 0.266 e. The van der Waals surface area contributed by atoms with Gasteiger partial charge in [-0.2, -0.15) is 0 Å². The topological polar surface area (TPSA) is 80.3 Å². The molecule has 4 rings (SSSR count). The highest BCUT2D eigenvalue weighted by molar-refractivity contribution is 7.92. The fourth-order valence-corrected chi connectivity index (χ4v) is 6.19. The van der Waals surface area contributed by atoms with Crippen molar-refractivity contribution in [2.45, 2.75) is 30.7 Å². The Labute approximate surface area is 218 Å². The van der Waals surface area contributed by atoms with Crippen LogP contribution in [0.5, 0.6) is 5.75 Å². The summed E-state index contributed by atoms with van der Waals surface area (Å²) >= 11 is 13.6. The van der Waals surface area contributed by atoms with Gasteiger partial charge < -0.3 is 10.1 Å². The van der Waals surface area contributed by atoms with Gasteiger partial charge in [-0.1, -0.05) is 48.3 Å². The molecule has 0 spiro atoms. The third kappa shape index (κ3) is 6.16. The largest absolute Gasteiger partial charge is 0.491 e. The van der Waals surface area contributed by atoms with Crippen LogP contribution in [0.25, 0.3) is 5.57 Å². The molecule has 35 heavy (non-hydrogen) atoms. The van der Waals surface area contributed by atoms with Gasteiger partial charge in [0, 0.05) is 28.4 Å². The lowest BCUT2D eigenvalue weighted by Crippen LogP contribution is -2.41. The van der Waals surface area contributed by atoms with Crippen molar-refractivity contribution in [3.63, 3.8) is 0 Å². The Kier molecular flexibility index (Phi) is 8.34. The van der Waals surface area contributed by atoms with Gasteiger partial charge >= 0.3 is 0 Å². The molecule has 0 bridgehead atoms. The predicted octanol–water partition coefficient (Wildman–Crippen LogP) is 6.24. The number of sulfonamides is 1. The number of ether oxygens (including phenoxy) is 1. The maximum Gasteiger partial charge on any atom is 0.266 e. The highest BCUT2D eigenvalue weighted by Gasteiger charge is 2.30. The van der Waals surface area contributed by atoms with E-state index in [0.29, 0.717) is 5.02 Å². The summed E-state index contributed by atoms with van der Waals surface area (Å²) in [7, 11) is -4.20. The minimum atomic E-state index is -4.20. The molecule has 1 heterocycles. The molecule has 11 heteroatoms. The fraction of sp³-hybridized carbons (Fsp3) is 0.292. The van der Waals surface area contributed by atoms with E-state index >= 15 is 0 Å². The summed E-state index contributed by atoms with van der Waals surface area (Å²) in [6.07, 6.45) is 4.04. The van der Waals surface area contributed by atoms with E-state index in [-0.39, 0.29) is 35.2 Å². The van der Waals surface area contributed by atoms with Crippen LogP contribution in [0.1, 0.15) is 25.3 Å². The van der Waals surface area contributed by atoms with Crippen LogP contribution in [-0.2, 0) is 10.0 Å². The molecule has 0 amide bonds. The van der Waals surface area contributed by atoms with Gasteiger partial charge in [0.25, 0.3) is 10.0 Å². The molecule has 0 fully saturated rings. The summed E-state index contributed by atoms with van der Waals surface area (Å²) in [6, 6.07) is 9.85. The van der Waals surface area contributed by atoms with E-state index in [1.165, 1.54) is 22.2 Å². The summed E-state index contributed by atoms with van der Waals surface area (Å²) in [5, 5.41) is 5.67. The zero-order valence-corrected chi connectivity index (χ0v) is 21.9. The van der Waals surface area contributed by atoms with Crippen molar-refractivity contribution >= 4 is 56.0 Å². The van der Waals surface area contributed by atoms with E-state index in [4.69, 9.17) is 27.9 Å². The van der Waals surface area contributed by atoms with Crippen LogP contribution >= 0.6 is 34.5 Å². The van der Waals surface area contributed by atoms with Crippen molar-refractivity contribution in [2.24, 2.45) is 5.92 Å². The molecule has 0 aliphatic heterocycles. The standard InChI is InChI=1S/C24H24Cl2FN3O3S2/c1-2-28-21-5-3-4-17(15-6-8-16(25)9-7-15)18(21)12-33-22-11-20(27)23(10-19(22)26)35(31,32)30-24-13-34-14-29-24/h4,6-11,13-14,18,21,28,30H,2-3,5,12H2,1H3/t18-,21?/m0/s1. The lowest BCUT2D eigenvalue weighted by molar-refractivity contribution is 0.236. The Bertz CT molecular complexity index is 1300. The maximum absolute atomic E-state index is 14.9. The first-order valence-electron chi connectivity index (χ1n) is 11.0. The number of nitrogens with zero attached hydrogens (tertiary/aromatic N) is 1. The van der Waals surface area contributed by atoms with E-state index < -0.39 is 20.7 Å². The van der Waals surface area contributed by atoms with E-state index in [1.54, 1.807) is 0 Å². The molecule has 2 atom stereocenters. The number of halogens is 3. The number of aromatic nitrogens is 1. The Hall–Kier alpha value is -2.17. The van der Waals surface area contributed by atoms with Gasteiger partial charge in [0.15, 0.2) is 5.82 Å². The highest BCUT2D eigenvalue weighted by Crippen LogP contribution is 2.36. The molecule has 0 saturated carbocycles. The molecular weight excluding hydrogens is 532 g/mol. The molecule has 1 aromatic heterocycles. The average molecular weight is 557 g/mol. The lowest BCUT2D eigenvalue weighted by Gasteiger charge is -2.33. The molecule has 2 aromatic carbocycles. The third-order valence-corrected chi connectivity index (χ3v) is 8.24. The van der Waals surface area contributed by atoms with Crippen molar-refractivity contribution in [1.29, 1.82) is 0 Å². The molecule has 1 unspecified atom stereocenters. The molecule has 0 radical (unpaired) electrons. The summed E-state index contributed by atoms with van der Waals surface area (Å²) in [6.45, 7) is 3.07. The predicted molar refractivity (Wildman–Crippen MR) is 139 cm³/mol. The highest BCUT2D eigenvalue weighted by atomic mass is 35.5. The second-order valence-electron chi connectivity index (χ2n) is 8.02. The van der Waals surface area contributed by atoms with Gasteiger partial charge in [-0.3, -0.25) is 4.72 Å². The fourth-order valence-electron chi connectivity index (χ4n) is 4.14. The summed E-state index contributed by atoms with van der Waals surface area (Å²) in [4.78, 5) is 3.29. The monoisotopic (exact) mass is 555 g/mol. The number of anilines is 1. The number of hydrogen-bond donors (Lipinski definition) is 2. The quantitative estimate of drug-likeness (QED) is 0.326. The van der Waals surface area contributed by atoms with Gasteiger partial charge in [-0.05, 0) is 48.7 Å². The lowest BCUT2D eigenvalue weighted by atomic mass is 9.80. The van der Waals surface area contributed by atoms with Gasteiger partial charge in [-0.15, -0.1) is 11.3 Å². The van der Waals surface area contributed by atoms with E-state index in [2.05, 4.69) is 21.1 Å². The first-order valence-corrected chi connectivity index (χ1v) is 14.2. The van der Waals surface area contributed by atoms with Crippen molar-refractivity contribution < 1.29 is 17.5 Å². The summed E-state index contributed by atoms with van der Waals surface area (Å²) < 4.78 is 48.3. The van der Waals surface area contributed by atoms with E-state index in [1.807, 2.05) is 31.2 Å². The molecule has 0 saturated heterocycles. The van der Waals surface area contributed by atoms with Crippen LogP contribution in [0.2, 0.25) is 10.0 Å². The van der Waals surface area contributed by atoms with Crippen LogP contribution in [0.15, 0.2) is 58.3 Å². The number of nitrogens with one attached hydrogen (secondary N) is 2. The first-order chi connectivity index (χ1) is 16.8. The van der Waals surface area contributed by atoms with Crippen molar-refractivity contribution in [3.05, 3.63) is 74.8 Å². The van der Waals surface area contributed by atoms with Gasteiger partial charge in [-0.25, -0.2) is 17.8 Å². The Morgan fingerprint density at radius 1 is 1.23 bits per heavy atom. The third-order valence-electron chi connectivity index (χ3n) is 5.74. The zero-order chi connectivity index (χ0) is 25.0. The molecule has 3 aromatic rings. The minimum absolute atomic E-state index is 0.00196.